The second-order valence-corrected chi connectivity index (χ2v) is 7.07. The van der Waals surface area contributed by atoms with Crippen molar-refractivity contribution < 1.29 is 5.11 Å². The molecule has 0 radical (unpaired) electrons. The number of aromatic nitrogens is 2. The number of pyridine rings is 1. The van der Waals surface area contributed by atoms with Gasteiger partial charge < -0.3 is 20.7 Å². The minimum absolute atomic E-state index is 0.0954. The number of para-hydroxylation sites is 1. The Morgan fingerprint density at radius 1 is 1.14 bits per heavy atom. The number of H-pyrrole nitrogens is 1. The van der Waals surface area contributed by atoms with Crippen LogP contribution in [0.2, 0.25) is 0 Å². The first-order valence-electron chi connectivity index (χ1n) is 9.19. The summed E-state index contributed by atoms with van der Waals surface area (Å²) in [7, 11) is 4.01. The maximum Gasteiger partial charge on any atom is 0.199 e. The monoisotopic (exact) mass is 373 g/mol. The van der Waals surface area contributed by atoms with Crippen LogP contribution in [0.15, 0.2) is 59.6 Å². The molecule has 4 aromatic rings. The molecule has 0 atom stereocenters. The van der Waals surface area contributed by atoms with E-state index in [0.717, 1.165) is 33.9 Å². The van der Waals surface area contributed by atoms with E-state index < -0.39 is 0 Å². The van der Waals surface area contributed by atoms with Crippen LogP contribution in [0.25, 0.3) is 33.1 Å². The van der Waals surface area contributed by atoms with E-state index >= 15 is 0 Å². The maximum atomic E-state index is 10.5. The van der Waals surface area contributed by atoms with Crippen LogP contribution in [0.5, 0.6) is 5.88 Å². The number of fused-ring (bicyclic) bond motifs is 2. The van der Waals surface area contributed by atoms with E-state index in [4.69, 9.17) is 10.7 Å². The van der Waals surface area contributed by atoms with Gasteiger partial charge in [0.25, 0.3) is 0 Å². The summed E-state index contributed by atoms with van der Waals surface area (Å²) >= 11 is 0. The third kappa shape index (κ3) is 3.42. The van der Waals surface area contributed by atoms with Gasteiger partial charge in [-0.1, -0.05) is 24.3 Å². The lowest BCUT2D eigenvalue weighted by Crippen LogP contribution is -2.19. The molecular formula is C22H23N5O. The molecule has 2 aromatic heterocycles. The van der Waals surface area contributed by atoms with Crippen molar-refractivity contribution in [1.82, 2.24) is 14.9 Å². The molecule has 142 valence electrons. The molecule has 2 aromatic carbocycles. The Balaban J connectivity index is 1.78. The van der Waals surface area contributed by atoms with Crippen molar-refractivity contribution in [1.29, 1.82) is 0 Å². The van der Waals surface area contributed by atoms with E-state index in [1.54, 1.807) is 0 Å². The van der Waals surface area contributed by atoms with Gasteiger partial charge in [-0.3, -0.25) is 4.99 Å². The Morgan fingerprint density at radius 3 is 2.79 bits per heavy atom. The predicted octanol–water partition coefficient (Wildman–Crippen LogP) is 3.36. The Hall–Kier alpha value is -3.38. The number of amidine groups is 1. The fourth-order valence-electron chi connectivity index (χ4n) is 3.26. The number of nitrogens with two attached hydrogens (primary N) is 1. The highest BCUT2D eigenvalue weighted by Crippen LogP contribution is 2.36. The van der Waals surface area contributed by atoms with Gasteiger partial charge in [0.1, 0.15) is 5.84 Å². The molecule has 2 heterocycles. The van der Waals surface area contributed by atoms with Gasteiger partial charge in [-0.25, -0.2) is 4.98 Å². The third-order valence-electron chi connectivity index (χ3n) is 4.76. The van der Waals surface area contributed by atoms with Crippen molar-refractivity contribution in [2.45, 2.75) is 0 Å². The van der Waals surface area contributed by atoms with Crippen molar-refractivity contribution in [2.75, 3.05) is 27.2 Å². The Bertz CT molecular complexity index is 1180. The molecule has 0 aliphatic heterocycles. The lowest BCUT2D eigenvalue weighted by Gasteiger charge is -2.07. The van der Waals surface area contributed by atoms with Crippen LogP contribution in [0.1, 0.15) is 5.56 Å². The average Bonchev–Trinajstić information content (AvgIpc) is 3.02. The summed E-state index contributed by atoms with van der Waals surface area (Å²) in [6.45, 7) is 1.47. The minimum atomic E-state index is 0.0954. The van der Waals surface area contributed by atoms with Gasteiger partial charge in [0, 0.05) is 28.4 Å². The van der Waals surface area contributed by atoms with E-state index in [0.29, 0.717) is 23.6 Å². The predicted molar refractivity (Wildman–Crippen MR) is 115 cm³/mol. The zero-order valence-corrected chi connectivity index (χ0v) is 16.0. The van der Waals surface area contributed by atoms with Gasteiger partial charge in [0.15, 0.2) is 5.88 Å². The minimum Gasteiger partial charge on any atom is -0.494 e. The van der Waals surface area contributed by atoms with E-state index in [-0.39, 0.29) is 5.88 Å². The molecule has 0 fully saturated rings. The summed E-state index contributed by atoms with van der Waals surface area (Å²) < 4.78 is 0. The average molecular weight is 373 g/mol. The van der Waals surface area contributed by atoms with E-state index in [1.807, 2.05) is 68.7 Å². The molecule has 0 spiro atoms. The van der Waals surface area contributed by atoms with Gasteiger partial charge >= 0.3 is 0 Å². The fraction of sp³-hybridized carbons (Fsp3) is 0.182. The molecule has 4 N–H and O–H groups in total. The summed E-state index contributed by atoms with van der Waals surface area (Å²) in [5.74, 6) is 0.583. The zero-order chi connectivity index (χ0) is 19.7. The van der Waals surface area contributed by atoms with Crippen LogP contribution in [-0.2, 0) is 0 Å². The lowest BCUT2D eigenvalue weighted by atomic mass is 10.0. The summed E-state index contributed by atoms with van der Waals surface area (Å²) in [5, 5.41) is 12.5. The number of aliphatic imine (C=N–C) groups is 1. The van der Waals surface area contributed by atoms with Crippen LogP contribution >= 0.6 is 0 Å². The molecule has 4 rings (SSSR count). The van der Waals surface area contributed by atoms with E-state index in [2.05, 4.69) is 14.9 Å². The number of aromatic hydroxyl groups is 1. The second kappa shape index (κ2) is 7.32. The standard InChI is InChI=1S/C22H23N5O/c1-27(2)12-11-24-21(23)15-8-9-18-16(13-15)20(22(28)26-18)19-10-7-14-5-3-4-6-17(14)25-19/h3-10,13,26,28H,11-12H2,1-2H3,(H2,23,24). The zero-order valence-electron chi connectivity index (χ0n) is 16.0. The molecule has 0 aliphatic rings. The number of hydrogen-bond donors (Lipinski definition) is 3. The van der Waals surface area contributed by atoms with Crippen molar-refractivity contribution >= 4 is 27.6 Å². The highest BCUT2D eigenvalue weighted by atomic mass is 16.3. The van der Waals surface area contributed by atoms with Crippen LogP contribution in [0.4, 0.5) is 0 Å². The molecule has 0 saturated carbocycles. The smallest absolute Gasteiger partial charge is 0.199 e. The normalized spacial score (nSPS) is 12.3. The van der Waals surface area contributed by atoms with Gasteiger partial charge in [-0.05, 0) is 44.4 Å². The van der Waals surface area contributed by atoms with Crippen molar-refractivity contribution in [3.05, 3.63) is 60.2 Å². The number of hydrogen-bond acceptors (Lipinski definition) is 4. The number of rotatable bonds is 5. The Kier molecular flexibility index (Phi) is 4.71. The lowest BCUT2D eigenvalue weighted by molar-refractivity contribution is 0.420. The Labute approximate surface area is 163 Å². The summed E-state index contributed by atoms with van der Waals surface area (Å²) in [6, 6.07) is 17.6. The first-order valence-corrected chi connectivity index (χ1v) is 9.19. The van der Waals surface area contributed by atoms with Crippen molar-refractivity contribution in [2.24, 2.45) is 10.7 Å². The summed E-state index contributed by atoms with van der Waals surface area (Å²) in [4.78, 5) is 14.3. The SMILES string of the molecule is CN(C)CCN=C(N)c1ccc2[nH]c(O)c(-c3ccc4ccccc4n3)c2c1. The summed E-state index contributed by atoms with van der Waals surface area (Å²) in [5.41, 5.74) is 10.1. The number of likely N-dealkylation sites (N-methyl/N-ethyl adjacent to an activating group) is 1. The van der Waals surface area contributed by atoms with Crippen molar-refractivity contribution in [3.8, 4) is 17.1 Å². The molecule has 0 aliphatic carbocycles. The summed E-state index contributed by atoms with van der Waals surface area (Å²) in [6.07, 6.45) is 0. The number of aromatic amines is 1. The molecule has 0 saturated heterocycles. The highest BCUT2D eigenvalue weighted by molar-refractivity contribution is 6.05. The maximum absolute atomic E-state index is 10.5. The van der Waals surface area contributed by atoms with Crippen LogP contribution in [-0.4, -0.2) is 53.0 Å². The number of nitrogens with zero attached hydrogens (tertiary/aromatic N) is 3. The van der Waals surface area contributed by atoms with Crippen LogP contribution in [0.3, 0.4) is 0 Å². The first kappa shape index (κ1) is 18.0. The van der Waals surface area contributed by atoms with E-state index in [9.17, 15) is 5.11 Å². The number of benzene rings is 2. The first-order chi connectivity index (χ1) is 13.5. The molecule has 0 unspecified atom stereocenters. The quantitative estimate of drug-likeness (QED) is 0.370. The van der Waals surface area contributed by atoms with E-state index in [1.165, 1.54) is 0 Å². The largest absolute Gasteiger partial charge is 0.494 e. The molecule has 28 heavy (non-hydrogen) atoms. The second-order valence-electron chi connectivity index (χ2n) is 7.07. The highest BCUT2D eigenvalue weighted by Gasteiger charge is 2.15. The molecule has 0 bridgehead atoms. The fourth-order valence-corrected chi connectivity index (χ4v) is 3.26. The molecule has 6 nitrogen and oxygen atoms in total. The molecule has 6 heteroatoms. The van der Waals surface area contributed by atoms with Gasteiger partial charge in [-0.15, -0.1) is 0 Å². The Morgan fingerprint density at radius 2 is 1.96 bits per heavy atom. The van der Waals surface area contributed by atoms with Gasteiger partial charge in [0.2, 0.25) is 0 Å². The van der Waals surface area contributed by atoms with Gasteiger partial charge in [0.05, 0.1) is 23.3 Å². The topological polar surface area (TPSA) is 90.5 Å². The molecule has 0 amide bonds. The third-order valence-corrected chi connectivity index (χ3v) is 4.76. The van der Waals surface area contributed by atoms with Crippen LogP contribution in [0, 0.1) is 0 Å². The number of nitrogens with one attached hydrogen (secondary N) is 1. The van der Waals surface area contributed by atoms with Crippen LogP contribution < -0.4 is 5.73 Å². The van der Waals surface area contributed by atoms with Gasteiger partial charge in [-0.2, -0.15) is 0 Å². The molecular weight excluding hydrogens is 350 g/mol. The van der Waals surface area contributed by atoms with Crippen molar-refractivity contribution in [3.63, 3.8) is 0 Å².